The van der Waals surface area contributed by atoms with Crippen molar-refractivity contribution in [1.82, 2.24) is 15.1 Å². The third kappa shape index (κ3) is 3.91. The molecule has 0 spiro atoms. The molecule has 0 bridgehead atoms. The van der Waals surface area contributed by atoms with Crippen LogP contribution in [0.25, 0.3) is 0 Å². The third-order valence-electron chi connectivity index (χ3n) is 3.75. The summed E-state index contributed by atoms with van der Waals surface area (Å²) < 4.78 is 24.2. The van der Waals surface area contributed by atoms with Gasteiger partial charge in [0, 0.05) is 19.2 Å². The molecular formula is C17H20FN3O3. The number of halogens is 1. The molecule has 1 saturated heterocycles. The van der Waals surface area contributed by atoms with Crippen molar-refractivity contribution in [2.75, 3.05) is 13.1 Å². The lowest BCUT2D eigenvalue weighted by Crippen LogP contribution is -2.48. The Balaban J connectivity index is 1.61. The number of nitrogens with zero attached hydrogens (tertiary/aromatic N) is 2. The smallest absolute Gasteiger partial charge is 0.274 e. The van der Waals surface area contributed by atoms with Crippen LogP contribution in [0.15, 0.2) is 30.3 Å². The van der Waals surface area contributed by atoms with E-state index < -0.39 is 0 Å². The Morgan fingerprint density at radius 2 is 2.12 bits per heavy atom. The lowest BCUT2D eigenvalue weighted by atomic mass is 10.2. The molecule has 3 rings (SSSR count). The molecule has 2 heterocycles. The molecule has 0 radical (unpaired) electrons. The van der Waals surface area contributed by atoms with Gasteiger partial charge >= 0.3 is 0 Å². The number of H-pyrrole nitrogens is 1. The number of benzene rings is 1. The number of carbonyl (C=O) groups is 1. The summed E-state index contributed by atoms with van der Waals surface area (Å²) in [5.74, 6) is -0.0675. The first-order valence-electron chi connectivity index (χ1n) is 7.88. The molecule has 0 aliphatic carbocycles. The number of ether oxygens (including phenoxy) is 2. The molecule has 1 aliphatic heterocycles. The molecule has 2 atom stereocenters. The summed E-state index contributed by atoms with van der Waals surface area (Å²) in [6.45, 7) is 5.16. The molecule has 24 heavy (non-hydrogen) atoms. The van der Waals surface area contributed by atoms with Gasteiger partial charge in [-0.1, -0.05) is 6.07 Å². The number of amides is 1. The van der Waals surface area contributed by atoms with Crippen LogP contribution in [0.4, 0.5) is 4.39 Å². The van der Waals surface area contributed by atoms with E-state index in [0.717, 1.165) is 0 Å². The Morgan fingerprint density at radius 1 is 1.38 bits per heavy atom. The summed E-state index contributed by atoms with van der Waals surface area (Å²) in [6.07, 6.45) is 0.0137. The molecule has 0 unspecified atom stereocenters. The molecule has 128 valence electrons. The summed E-state index contributed by atoms with van der Waals surface area (Å²) in [5, 5.41) is 6.85. The first-order valence-corrected chi connectivity index (χ1v) is 7.88. The van der Waals surface area contributed by atoms with E-state index in [0.29, 0.717) is 30.2 Å². The largest absolute Gasteiger partial charge is 0.487 e. The molecule has 0 saturated carbocycles. The van der Waals surface area contributed by atoms with Crippen LogP contribution in [0, 0.1) is 5.82 Å². The molecule has 1 aromatic carbocycles. The average Bonchev–Trinajstić information content (AvgIpc) is 3.00. The average molecular weight is 333 g/mol. The minimum absolute atomic E-state index is 0.00687. The van der Waals surface area contributed by atoms with Crippen LogP contribution in [-0.4, -0.2) is 46.3 Å². The fourth-order valence-corrected chi connectivity index (χ4v) is 2.77. The van der Waals surface area contributed by atoms with Gasteiger partial charge in [0.15, 0.2) is 5.69 Å². The van der Waals surface area contributed by atoms with Crippen LogP contribution >= 0.6 is 0 Å². The van der Waals surface area contributed by atoms with Gasteiger partial charge in [-0.25, -0.2) is 4.39 Å². The van der Waals surface area contributed by atoms with Gasteiger partial charge in [-0.2, -0.15) is 5.10 Å². The van der Waals surface area contributed by atoms with E-state index in [1.54, 1.807) is 23.1 Å². The number of morpholine rings is 1. The second-order valence-corrected chi connectivity index (χ2v) is 5.99. The van der Waals surface area contributed by atoms with E-state index >= 15 is 0 Å². The molecule has 1 amide bonds. The van der Waals surface area contributed by atoms with E-state index in [4.69, 9.17) is 9.47 Å². The summed E-state index contributed by atoms with van der Waals surface area (Å²) in [5.41, 5.74) is 0.992. The number of hydrogen-bond acceptors (Lipinski definition) is 4. The van der Waals surface area contributed by atoms with Gasteiger partial charge in [-0.05, 0) is 32.0 Å². The molecular weight excluding hydrogens is 313 g/mol. The van der Waals surface area contributed by atoms with E-state index in [1.165, 1.54) is 12.1 Å². The highest BCUT2D eigenvalue weighted by atomic mass is 19.1. The summed E-state index contributed by atoms with van der Waals surface area (Å²) in [4.78, 5) is 14.3. The topological polar surface area (TPSA) is 67.5 Å². The Hall–Kier alpha value is -2.41. The Kier molecular flexibility index (Phi) is 4.80. The number of carbonyl (C=O) groups excluding carboxylic acids is 1. The second-order valence-electron chi connectivity index (χ2n) is 5.99. The van der Waals surface area contributed by atoms with Crippen molar-refractivity contribution in [3.63, 3.8) is 0 Å². The third-order valence-corrected chi connectivity index (χ3v) is 3.75. The van der Waals surface area contributed by atoms with Gasteiger partial charge in [0.2, 0.25) is 0 Å². The van der Waals surface area contributed by atoms with Crippen molar-refractivity contribution >= 4 is 5.91 Å². The monoisotopic (exact) mass is 333 g/mol. The SMILES string of the molecule is C[C@@H]1CN(C(=O)c2cc(COc3cccc(F)c3)[nH]n2)C[C@H](C)O1. The lowest BCUT2D eigenvalue weighted by molar-refractivity contribution is -0.0587. The van der Waals surface area contributed by atoms with Crippen molar-refractivity contribution in [3.05, 3.63) is 47.5 Å². The molecule has 6 nitrogen and oxygen atoms in total. The van der Waals surface area contributed by atoms with Gasteiger partial charge in [-0.3, -0.25) is 9.89 Å². The van der Waals surface area contributed by atoms with Crippen LogP contribution in [0.3, 0.4) is 0 Å². The Labute approximate surface area is 139 Å². The predicted octanol–water partition coefficient (Wildman–Crippen LogP) is 2.38. The highest BCUT2D eigenvalue weighted by Gasteiger charge is 2.27. The second kappa shape index (κ2) is 7.00. The number of hydrogen-bond donors (Lipinski definition) is 1. The standard InChI is InChI=1S/C17H20FN3O3/c1-11-8-21(9-12(2)24-11)17(22)16-7-14(19-20-16)10-23-15-5-3-4-13(18)6-15/h3-7,11-12H,8-10H2,1-2H3,(H,19,20)/t11-,12+. The highest BCUT2D eigenvalue weighted by Crippen LogP contribution is 2.16. The number of aromatic nitrogens is 2. The first kappa shape index (κ1) is 16.4. The summed E-state index contributed by atoms with van der Waals surface area (Å²) in [7, 11) is 0. The maximum absolute atomic E-state index is 13.1. The zero-order valence-corrected chi connectivity index (χ0v) is 13.7. The first-order chi connectivity index (χ1) is 11.5. The number of aromatic amines is 1. The van der Waals surface area contributed by atoms with Crippen LogP contribution < -0.4 is 4.74 Å². The molecule has 7 heteroatoms. The molecule has 1 fully saturated rings. The highest BCUT2D eigenvalue weighted by molar-refractivity contribution is 5.92. The maximum atomic E-state index is 13.1. The van der Waals surface area contributed by atoms with Crippen molar-refractivity contribution in [2.24, 2.45) is 0 Å². The fraction of sp³-hybridized carbons (Fsp3) is 0.412. The summed E-state index contributed by atoms with van der Waals surface area (Å²) in [6, 6.07) is 7.56. The van der Waals surface area contributed by atoms with Gasteiger partial charge in [0.25, 0.3) is 5.91 Å². The Bertz CT molecular complexity index is 709. The van der Waals surface area contributed by atoms with E-state index in [1.807, 2.05) is 13.8 Å². The van der Waals surface area contributed by atoms with Crippen LogP contribution in [0.5, 0.6) is 5.75 Å². The van der Waals surface area contributed by atoms with Gasteiger partial charge < -0.3 is 14.4 Å². The predicted molar refractivity (Wildman–Crippen MR) is 85.2 cm³/mol. The fourth-order valence-electron chi connectivity index (χ4n) is 2.77. The minimum atomic E-state index is -0.358. The van der Waals surface area contributed by atoms with Gasteiger partial charge in [0.1, 0.15) is 18.2 Å². The summed E-state index contributed by atoms with van der Waals surface area (Å²) >= 11 is 0. The van der Waals surface area contributed by atoms with Crippen molar-refractivity contribution in [3.8, 4) is 5.75 Å². The zero-order chi connectivity index (χ0) is 17.1. The number of nitrogens with one attached hydrogen (secondary N) is 1. The molecule has 1 N–H and O–H groups in total. The minimum Gasteiger partial charge on any atom is -0.487 e. The normalized spacial score (nSPS) is 20.9. The van der Waals surface area contributed by atoms with E-state index in [2.05, 4.69) is 10.2 Å². The molecule has 1 aromatic heterocycles. The van der Waals surface area contributed by atoms with E-state index in [-0.39, 0.29) is 30.5 Å². The van der Waals surface area contributed by atoms with Crippen molar-refractivity contribution < 1.29 is 18.7 Å². The Morgan fingerprint density at radius 3 is 2.83 bits per heavy atom. The van der Waals surface area contributed by atoms with E-state index in [9.17, 15) is 9.18 Å². The van der Waals surface area contributed by atoms with Gasteiger partial charge in [-0.15, -0.1) is 0 Å². The maximum Gasteiger partial charge on any atom is 0.274 e. The quantitative estimate of drug-likeness (QED) is 0.933. The van der Waals surface area contributed by atoms with Gasteiger partial charge in [0.05, 0.1) is 17.9 Å². The zero-order valence-electron chi connectivity index (χ0n) is 13.7. The molecule has 2 aromatic rings. The molecule has 1 aliphatic rings. The van der Waals surface area contributed by atoms with Crippen LogP contribution in [0.1, 0.15) is 30.0 Å². The van der Waals surface area contributed by atoms with Crippen molar-refractivity contribution in [2.45, 2.75) is 32.7 Å². The number of rotatable bonds is 4. The van der Waals surface area contributed by atoms with Crippen LogP contribution in [-0.2, 0) is 11.3 Å². The van der Waals surface area contributed by atoms with Crippen molar-refractivity contribution in [1.29, 1.82) is 0 Å². The van der Waals surface area contributed by atoms with Crippen LogP contribution in [0.2, 0.25) is 0 Å². The lowest BCUT2D eigenvalue weighted by Gasteiger charge is -2.34.